The van der Waals surface area contributed by atoms with Crippen molar-refractivity contribution in [2.24, 2.45) is 10.7 Å². The Bertz CT molecular complexity index is 1170. The molecule has 0 bridgehead atoms. The monoisotopic (exact) mass is 421 g/mol. The van der Waals surface area contributed by atoms with Crippen molar-refractivity contribution in [2.45, 2.75) is 12.5 Å². The Balaban J connectivity index is 1.77. The molecule has 8 nitrogen and oxygen atoms in total. The maximum absolute atomic E-state index is 14.8. The van der Waals surface area contributed by atoms with Gasteiger partial charge in [0.15, 0.2) is 0 Å². The van der Waals surface area contributed by atoms with Gasteiger partial charge in [-0.1, -0.05) is 12.1 Å². The fourth-order valence-corrected chi connectivity index (χ4v) is 5.70. The second-order valence-electron chi connectivity index (χ2n) is 6.58. The highest BCUT2D eigenvalue weighted by molar-refractivity contribution is 7.89. The van der Waals surface area contributed by atoms with Gasteiger partial charge < -0.3 is 10.2 Å². The smallest absolute Gasteiger partial charge is 0.247 e. The summed E-state index contributed by atoms with van der Waals surface area (Å²) in [5.41, 5.74) is 5.90. The van der Waals surface area contributed by atoms with E-state index in [0.29, 0.717) is 16.3 Å². The zero-order valence-corrected chi connectivity index (χ0v) is 16.6. The highest BCUT2D eigenvalue weighted by Crippen LogP contribution is 2.41. The first-order valence-electron chi connectivity index (χ1n) is 8.18. The van der Waals surface area contributed by atoms with Gasteiger partial charge in [-0.3, -0.25) is 0 Å². The summed E-state index contributed by atoms with van der Waals surface area (Å²) in [7, 11) is -2.36. The second-order valence-corrected chi connectivity index (χ2v) is 9.63. The number of hydrogen-bond acceptors (Lipinski definition) is 8. The Kier molecular flexibility index (Phi) is 4.23. The summed E-state index contributed by atoms with van der Waals surface area (Å²) in [6.45, 7) is 1.57. The van der Waals surface area contributed by atoms with Crippen molar-refractivity contribution in [3.8, 4) is 21.9 Å². The molecule has 1 aromatic carbocycles. The van der Waals surface area contributed by atoms with Crippen LogP contribution in [0.3, 0.4) is 0 Å². The fourth-order valence-electron chi connectivity index (χ4n) is 3.05. The van der Waals surface area contributed by atoms with Crippen LogP contribution in [0.15, 0.2) is 46.1 Å². The van der Waals surface area contributed by atoms with E-state index in [2.05, 4.69) is 15.2 Å². The molecule has 11 heteroatoms. The van der Waals surface area contributed by atoms with Gasteiger partial charge in [0.05, 0.1) is 10.6 Å². The van der Waals surface area contributed by atoms with Crippen molar-refractivity contribution in [1.82, 2.24) is 14.5 Å². The van der Waals surface area contributed by atoms with Crippen LogP contribution in [0.2, 0.25) is 0 Å². The lowest BCUT2D eigenvalue weighted by molar-refractivity contribution is 0.466. The van der Waals surface area contributed by atoms with E-state index in [1.165, 1.54) is 19.5 Å². The zero-order valence-electron chi connectivity index (χ0n) is 15.0. The average Bonchev–Trinajstić information content (AvgIpc) is 3.29. The number of halogens is 1. The van der Waals surface area contributed by atoms with Gasteiger partial charge in [0, 0.05) is 17.5 Å². The van der Waals surface area contributed by atoms with Crippen LogP contribution in [-0.4, -0.2) is 41.7 Å². The fraction of sp³-hybridized carbons (Fsp3) is 0.235. The normalized spacial score (nSPS) is 21.5. The molecule has 0 spiro atoms. The molecular weight excluding hydrogens is 405 g/mol. The number of benzene rings is 1. The third kappa shape index (κ3) is 3.06. The average molecular weight is 421 g/mol. The summed E-state index contributed by atoms with van der Waals surface area (Å²) in [6, 6.07) is 8.59. The largest absolute Gasteiger partial charge is 0.423 e. The van der Waals surface area contributed by atoms with Crippen molar-refractivity contribution < 1.29 is 17.2 Å². The Hall–Kier alpha value is -2.79. The van der Waals surface area contributed by atoms with E-state index in [9.17, 15) is 12.8 Å². The standard InChI is InChI=1S/C17H16FN5O3S2/c1-17(8-28(24,25)23(2)16(19)21-17)14-12(18)7-13(27-14)10-4-3-5-11(6-10)15-22-20-9-26-15/h3-7,9H,8H2,1-2H3,(H2,19,21). The quantitative estimate of drug-likeness (QED) is 0.694. The molecule has 28 heavy (non-hydrogen) atoms. The maximum atomic E-state index is 14.8. The number of aliphatic imine (C=N–C) groups is 1. The Morgan fingerprint density at radius 3 is 2.75 bits per heavy atom. The summed E-state index contributed by atoms with van der Waals surface area (Å²) in [6.07, 6.45) is 1.23. The molecular formula is C17H16FN5O3S2. The lowest BCUT2D eigenvalue weighted by Crippen LogP contribution is -2.50. The summed E-state index contributed by atoms with van der Waals surface area (Å²) in [5, 5.41) is 7.52. The molecule has 2 N–H and O–H groups in total. The van der Waals surface area contributed by atoms with Crippen LogP contribution in [0, 0.1) is 5.82 Å². The molecule has 1 unspecified atom stereocenters. The minimum absolute atomic E-state index is 0.165. The SMILES string of the molecule is CN1C(N)=NC(C)(c2sc(-c3cccc(-c4nnco4)c3)cc2F)CS1(=O)=O. The predicted octanol–water partition coefficient (Wildman–Crippen LogP) is 2.41. The highest BCUT2D eigenvalue weighted by atomic mass is 32.2. The van der Waals surface area contributed by atoms with Crippen LogP contribution in [-0.2, 0) is 15.6 Å². The zero-order chi connectivity index (χ0) is 20.1. The van der Waals surface area contributed by atoms with E-state index in [1.807, 2.05) is 6.07 Å². The Morgan fingerprint density at radius 2 is 2.07 bits per heavy atom. The van der Waals surface area contributed by atoms with Gasteiger partial charge in [0.2, 0.25) is 28.3 Å². The van der Waals surface area contributed by atoms with Gasteiger partial charge in [-0.15, -0.1) is 21.5 Å². The molecule has 0 aliphatic carbocycles. The van der Waals surface area contributed by atoms with Gasteiger partial charge in [0.25, 0.3) is 0 Å². The van der Waals surface area contributed by atoms with Crippen molar-refractivity contribution in [3.05, 3.63) is 47.4 Å². The van der Waals surface area contributed by atoms with Crippen LogP contribution in [0.1, 0.15) is 11.8 Å². The molecule has 0 amide bonds. The van der Waals surface area contributed by atoms with Crippen molar-refractivity contribution in [1.29, 1.82) is 0 Å². The molecule has 146 valence electrons. The minimum Gasteiger partial charge on any atom is -0.423 e. The lowest BCUT2D eigenvalue weighted by atomic mass is 10.0. The lowest BCUT2D eigenvalue weighted by Gasteiger charge is -2.33. The molecule has 0 fully saturated rings. The summed E-state index contributed by atoms with van der Waals surface area (Å²) >= 11 is 1.14. The first kappa shape index (κ1) is 18.6. The van der Waals surface area contributed by atoms with Crippen LogP contribution in [0.5, 0.6) is 0 Å². The van der Waals surface area contributed by atoms with Gasteiger partial charge >= 0.3 is 0 Å². The minimum atomic E-state index is -3.68. The van der Waals surface area contributed by atoms with Crippen LogP contribution >= 0.6 is 11.3 Å². The molecule has 0 saturated carbocycles. The Morgan fingerprint density at radius 1 is 1.32 bits per heavy atom. The number of aromatic nitrogens is 2. The Labute approximate surface area is 164 Å². The van der Waals surface area contributed by atoms with Crippen molar-refractivity contribution >= 4 is 27.3 Å². The number of nitrogens with zero attached hydrogens (tertiary/aromatic N) is 4. The van der Waals surface area contributed by atoms with E-state index in [0.717, 1.165) is 21.2 Å². The number of thiophene rings is 1. The predicted molar refractivity (Wildman–Crippen MR) is 104 cm³/mol. The molecule has 3 aromatic rings. The third-order valence-electron chi connectivity index (χ3n) is 4.49. The number of guanidine groups is 1. The second kappa shape index (κ2) is 6.38. The van der Waals surface area contributed by atoms with E-state index >= 15 is 0 Å². The van der Waals surface area contributed by atoms with Gasteiger partial charge in [-0.05, 0) is 30.7 Å². The molecule has 1 atom stereocenters. The number of sulfonamides is 1. The van der Waals surface area contributed by atoms with E-state index < -0.39 is 21.4 Å². The number of nitrogens with two attached hydrogens (primary N) is 1. The van der Waals surface area contributed by atoms with Crippen molar-refractivity contribution in [3.63, 3.8) is 0 Å². The molecule has 4 rings (SSSR count). The van der Waals surface area contributed by atoms with Gasteiger partial charge in [-0.2, -0.15) is 0 Å². The number of rotatable bonds is 3. The molecule has 0 saturated heterocycles. The van der Waals surface area contributed by atoms with Crippen LogP contribution in [0.4, 0.5) is 4.39 Å². The summed E-state index contributed by atoms with van der Waals surface area (Å²) in [5.74, 6) is -0.704. The molecule has 1 aliphatic rings. The first-order valence-corrected chi connectivity index (χ1v) is 10.6. The highest BCUT2D eigenvalue weighted by Gasteiger charge is 2.42. The van der Waals surface area contributed by atoms with E-state index in [-0.39, 0.29) is 16.6 Å². The van der Waals surface area contributed by atoms with Crippen LogP contribution < -0.4 is 5.73 Å². The topological polar surface area (TPSA) is 115 Å². The maximum Gasteiger partial charge on any atom is 0.247 e. The van der Waals surface area contributed by atoms with Crippen LogP contribution in [0.25, 0.3) is 21.9 Å². The summed E-state index contributed by atoms with van der Waals surface area (Å²) < 4.78 is 45.7. The van der Waals surface area contributed by atoms with Gasteiger partial charge in [-0.25, -0.2) is 22.1 Å². The molecule has 3 heterocycles. The van der Waals surface area contributed by atoms with Crippen molar-refractivity contribution in [2.75, 3.05) is 12.8 Å². The summed E-state index contributed by atoms with van der Waals surface area (Å²) in [4.78, 5) is 5.10. The van der Waals surface area contributed by atoms with E-state index in [4.69, 9.17) is 10.2 Å². The van der Waals surface area contributed by atoms with Gasteiger partial charge in [0.1, 0.15) is 11.4 Å². The first-order chi connectivity index (χ1) is 13.2. The molecule has 2 aromatic heterocycles. The van der Waals surface area contributed by atoms with E-state index in [1.54, 1.807) is 25.1 Å². The molecule has 1 aliphatic heterocycles. The number of hydrogen-bond donors (Lipinski definition) is 1. The third-order valence-corrected chi connectivity index (χ3v) is 7.86. The molecule has 0 radical (unpaired) electrons.